The fourth-order valence-electron chi connectivity index (χ4n) is 5.15. The van der Waals surface area contributed by atoms with Crippen LogP contribution in [0, 0.1) is 11.8 Å². The Bertz CT molecular complexity index is 1070. The van der Waals surface area contributed by atoms with Gasteiger partial charge in [0.1, 0.15) is 22.8 Å². The van der Waals surface area contributed by atoms with Crippen molar-refractivity contribution >= 4 is 23.2 Å². The number of nitrogens with one attached hydrogen (secondary N) is 1. The molecule has 9 heteroatoms. The van der Waals surface area contributed by atoms with Crippen LogP contribution >= 0.6 is 0 Å². The number of carbonyl (C=O) groups excluding carboxylic acids is 3. The first-order chi connectivity index (χ1) is 14.6. The number of hydrogen-bond donors (Lipinski definition) is 6. The molecule has 0 bridgehead atoms. The summed E-state index contributed by atoms with van der Waals surface area (Å²) in [5.41, 5.74) is 2.43. The summed E-state index contributed by atoms with van der Waals surface area (Å²) in [6.07, 6.45) is 1.02. The number of nitrogens with two attached hydrogens (primary N) is 1. The van der Waals surface area contributed by atoms with E-state index in [1.165, 1.54) is 6.07 Å². The van der Waals surface area contributed by atoms with Crippen LogP contribution in [0.15, 0.2) is 35.1 Å². The molecule has 0 unspecified atom stereocenters. The van der Waals surface area contributed by atoms with Gasteiger partial charge in [0.05, 0.1) is 11.6 Å². The summed E-state index contributed by atoms with van der Waals surface area (Å²) in [7, 11) is 0. The molecule has 164 valence electrons. The molecule has 0 aliphatic heterocycles. The zero-order valence-corrected chi connectivity index (χ0v) is 16.9. The minimum atomic E-state index is -2.61. The lowest BCUT2D eigenvalue weighted by atomic mass is 9.57. The molecule has 7 N–H and O–H groups in total. The summed E-state index contributed by atoms with van der Waals surface area (Å²) in [4.78, 5) is 38.4. The van der Waals surface area contributed by atoms with Crippen molar-refractivity contribution in [1.29, 1.82) is 0 Å². The third-order valence-electron chi connectivity index (χ3n) is 6.55. The minimum Gasteiger partial charge on any atom is -0.508 e. The first-order valence-electron chi connectivity index (χ1n) is 10.2. The molecule has 0 radical (unpaired) electrons. The van der Waals surface area contributed by atoms with E-state index in [0.29, 0.717) is 24.9 Å². The lowest BCUT2D eigenvalue weighted by Crippen LogP contribution is -2.66. The Morgan fingerprint density at radius 2 is 1.97 bits per heavy atom. The average molecular weight is 428 g/mol. The normalized spacial score (nSPS) is 30.1. The predicted molar refractivity (Wildman–Crippen MR) is 109 cm³/mol. The quantitative estimate of drug-likeness (QED) is 0.374. The van der Waals surface area contributed by atoms with E-state index in [1.807, 2.05) is 6.92 Å². The SMILES string of the molecule is CCCN[C@H]1C(=O)C(C(N)=O)=C(O)[C@@]2(O)C(=O)C3=C(O)c4c(O)cccc4C[C@H]3C[C@@H]12. The van der Waals surface area contributed by atoms with Crippen LogP contribution in [0.2, 0.25) is 0 Å². The maximum Gasteiger partial charge on any atom is 0.255 e. The van der Waals surface area contributed by atoms with Gasteiger partial charge in [0, 0.05) is 11.5 Å². The van der Waals surface area contributed by atoms with Gasteiger partial charge >= 0.3 is 0 Å². The van der Waals surface area contributed by atoms with Crippen molar-refractivity contribution in [2.24, 2.45) is 17.6 Å². The molecule has 1 amide bonds. The monoisotopic (exact) mass is 428 g/mol. The van der Waals surface area contributed by atoms with Crippen molar-refractivity contribution in [3.8, 4) is 5.75 Å². The smallest absolute Gasteiger partial charge is 0.255 e. The maximum atomic E-state index is 13.5. The Balaban J connectivity index is 1.93. The van der Waals surface area contributed by atoms with Crippen LogP contribution in [0.1, 0.15) is 30.9 Å². The standard InChI is InChI=1S/C22H24N2O7/c1-2-6-24-16-11-8-10-7-9-4-3-5-12(25)13(9)17(26)14(10)19(28)22(11,31)20(29)15(18(16)27)21(23)30/h3-5,10-11,16,24-26,29,31H,2,6-8H2,1H3,(H2,23,30)/t10-,11-,16+,22-/m0/s1. The van der Waals surface area contributed by atoms with Crippen LogP contribution in [0.3, 0.4) is 0 Å². The number of hydrogen-bond acceptors (Lipinski definition) is 8. The van der Waals surface area contributed by atoms with Crippen molar-refractivity contribution < 1.29 is 34.8 Å². The molecule has 9 nitrogen and oxygen atoms in total. The van der Waals surface area contributed by atoms with Gasteiger partial charge in [0.2, 0.25) is 5.78 Å². The van der Waals surface area contributed by atoms with Gasteiger partial charge < -0.3 is 31.5 Å². The second-order valence-corrected chi connectivity index (χ2v) is 8.30. The molecule has 1 fully saturated rings. The van der Waals surface area contributed by atoms with Gasteiger partial charge in [0.25, 0.3) is 5.91 Å². The molecule has 31 heavy (non-hydrogen) atoms. The number of rotatable bonds is 4. The fourth-order valence-corrected chi connectivity index (χ4v) is 5.15. The van der Waals surface area contributed by atoms with Crippen LogP contribution in [0.5, 0.6) is 5.75 Å². The van der Waals surface area contributed by atoms with Crippen molar-refractivity contribution in [1.82, 2.24) is 5.32 Å². The van der Waals surface area contributed by atoms with Gasteiger partial charge in [-0.1, -0.05) is 19.1 Å². The van der Waals surface area contributed by atoms with E-state index in [9.17, 15) is 34.8 Å². The van der Waals surface area contributed by atoms with Gasteiger partial charge in [-0.25, -0.2) is 0 Å². The summed E-state index contributed by atoms with van der Waals surface area (Å²) in [6, 6.07) is 3.60. The zero-order valence-electron chi connectivity index (χ0n) is 16.9. The number of aromatic hydroxyl groups is 1. The fraction of sp³-hybridized carbons (Fsp3) is 0.409. The van der Waals surface area contributed by atoms with Crippen LogP contribution in [-0.4, -0.2) is 56.1 Å². The van der Waals surface area contributed by atoms with Crippen LogP contribution in [-0.2, 0) is 20.8 Å². The van der Waals surface area contributed by atoms with E-state index < -0.39 is 58.0 Å². The summed E-state index contributed by atoms with van der Waals surface area (Å²) >= 11 is 0. The second kappa shape index (κ2) is 7.21. The van der Waals surface area contributed by atoms with Crippen molar-refractivity contribution in [3.63, 3.8) is 0 Å². The third kappa shape index (κ3) is 2.80. The highest BCUT2D eigenvalue weighted by Gasteiger charge is 2.63. The summed E-state index contributed by atoms with van der Waals surface area (Å²) < 4.78 is 0. The Morgan fingerprint density at radius 3 is 2.61 bits per heavy atom. The van der Waals surface area contributed by atoms with Gasteiger partial charge in [-0.2, -0.15) is 0 Å². The number of Topliss-reactive ketones (excluding diaryl/α,β-unsaturated/α-hetero) is 2. The number of benzene rings is 1. The molecular weight excluding hydrogens is 404 g/mol. The molecule has 0 spiro atoms. The molecule has 4 rings (SSSR count). The molecule has 0 aromatic heterocycles. The highest BCUT2D eigenvalue weighted by molar-refractivity contribution is 6.24. The Morgan fingerprint density at radius 1 is 1.26 bits per heavy atom. The number of phenols is 1. The molecular formula is C22H24N2O7. The number of aliphatic hydroxyl groups excluding tert-OH is 2. The van der Waals surface area contributed by atoms with E-state index in [0.717, 1.165) is 0 Å². The Hall–Kier alpha value is -3.17. The summed E-state index contributed by atoms with van der Waals surface area (Å²) in [6.45, 7) is 2.24. The lowest BCUT2D eigenvalue weighted by molar-refractivity contribution is -0.150. The third-order valence-corrected chi connectivity index (χ3v) is 6.55. The Kier molecular flexibility index (Phi) is 4.90. The number of fused-ring (bicyclic) bond motifs is 3. The Labute approximate surface area is 177 Å². The molecule has 0 saturated heterocycles. The van der Waals surface area contributed by atoms with E-state index in [4.69, 9.17) is 5.73 Å². The number of carbonyl (C=O) groups is 3. The number of amides is 1. The zero-order chi connectivity index (χ0) is 22.7. The summed E-state index contributed by atoms with van der Waals surface area (Å²) in [5.74, 6) is -6.44. The van der Waals surface area contributed by atoms with Gasteiger partial charge in [-0.3, -0.25) is 14.4 Å². The first-order valence-corrected chi connectivity index (χ1v) is 10.2. The predicted octanol–water partition coefficient (Wildman–Crippen LogP) is 0.402. The number of aliphatic hydroxyl groups is 3. The molecule has 1 aromatic rings. The van der Waals surface area contributed by atoms with Gasteiger partial charge in [-0.05, 0) is 43.4 Å². The van der Waals surface area contributed by atoms with Crippen LogP contribution < -0.4 is 11.1 Å². The van der Waals surface area contributed by atoms with Crippen LogP contribution in [0.25, 0.3) is 5.76 Å². The summed E-state index contributed by atoms with van der Waals surface area (Å²) in [5, 5.41) is 46.2. The van der Waals surface area contributed by atoms with Crippen molar-refractivity contribution in [2.75, 3.05) is 6.54 Å². The van der Waals surface area contributed by atoms with E-state index in [2.05, 4.69) is 5.32 Å². The highest BCUT2D eigenvalue weighted by Crippen LogP contribution is 2.51. The molecule has 3 aliphatic carbocycles. The highest BCUT2D eigenvalue weighted by atomic mass is 16.3. The molecule has 0 heterocycles. The molecule has 4 atom stereocenters. The van der Waals surface area contributed by atoms with Crippen molar-refractivity contribution in [2.45, 2.75) is 37.8 Å². The van der Waals surface area contributed by atoms with Gasteiger partial charge in [0.15, 0.2) is 11.4 Å². The number of ketones is 2. The van der Waals surface area contributed by atoms with Gasteiger partial charge in [-0.15, -0.1) is 0 Å². The van der Waals surface area contributed by atoms with E-state index in [-0.39, 0.29) is 23.3 Å². The molecule has 1 saturated carbocycles. The largest absolute Gasteiger partial charge is 0.508 e. The maximum absolute atomic E-state index is 13.5. The lowest BCUT2D eigenvalue weighted by Gasteiger charge is -2.49. The average Bonchev–Trinajstić information content (AvgIpc) is 2.70. The molecule has 1 aromatic carbocycles. The second-order valence-electron chi connectivity index (χ2n) is 8.30. The van der Waals surface area contributed by atoms with Crippen molar-refractivity contribution in [3.05, 3.63) is 46.2 Å². The van der Waals surface area contributed by atoms with Crippen LogP contribution in [0.4, 0.5) is 0 Å². The molecule has 3 aliphatic rings. The van der Waals surface area contributed by atoms with E-state index >= 15 is 0 Å². The number of phenolic OH excluding ortho intramolecular Hbond substituents is 1. The number of primary amides is 1. The minimum absolute atomic E-state index is 0.0833. The topological polar surface area (TPSA) is 170 Å². The van der Waals surface area contributed by atoms with E-state index in [1.54, 1.807) is 12.1 Å². The first kappa shape index (κ1) is 21.1.